The molecule has 1 atom stereocenters. The fraction of sp³-hybridized carbons (Fsp3) is 0.846. The van der Waals surface area contributed by atoms with Gasteiger partial charge in [-0.25, -0.2) is 0 Å². The number of nitrogens with two attached hydrogens (primary N) is 1. The molecule has 1 unspecified atom stereocenters. The van der Waals surface area contributed by atoms with Gasteiger partial charge in [-0.15, -0.1) is 0 Å². The van der Waals surface area contributed by atoms with Crippen molar-refractivity contribution in [2.75, 3.05) is 33.7 Å². The van der Waals surface area contributed by atoms with E-state index in [0.717, 1.165) is 32.5 Å². The zero-order valence-electron chi connectivity index (χ0n) is 11.8. The molecule has 0 aromatic carbocycles. The molecule has 0 saturated carbocycles. The Morgan fingerprint density at radius 2 is 1.95 bits per heavy atom. The van der Waals surface area contributed by atoms with Gasteiger partial charge in [0.2, 0.25) is 5.91 Å². The van der Waals surface area contributed by atoms with E-state index >= 15 is 0 Å². The predicted octanol–water partition coefficient (Wildman–Crippen LogP) is -0.0213. The Morgan fingerprint density at radius 3 is 2.42 bits per heavy atom. The van der Waals surface area contributed by atoms with Crippen LogP contribution < -0.4 is 5.73 Å². The molecule has 0 bridgehead atoms. The number of nitrogens with zero attached hydrogens (tertiary/aromatic N) is 2. The number of carboxylic acids is 1. The molecule has 1 amide bonds. The van der Waals surface area contributed by atoms with Gasteiger partial charge in [-0.05, 0) is 39.3 Å². The van der Waals surface area contributed by atoms with Gasteiger partial charge in [-0.2, -0.15) is 0 Å². The third kappa shape index (κ3) is 5.57. The van der Waals surface area contributed by atoms with Crippen molar-refractivity contribution in [3.05, 3.63) is 0 Å². The Labute approximate surface area is 114 Å². The van der Waals surface area contributed by atoms with Gasteiger partial charge >= 0.3 is 5.97 Å². The van der Waals surface area contributed by atoms with Gasteiger partial charge in [-0.3, -0.25) is 9.59 Å². The minimum Gasteiger partial charge on any atom is -0.481 e. The maximum Gasteiger partial charge on any atom is 0.303 e. The summed E-state index contributed by atoms with van der Waals surface area (Å²) < 4.78 is 0. The van der Waals surface area contributed by atoms with E-state index in [1.54, 1.807) is 4.90 Å². The van der Waals surface area contributed by atoms with Crippen molar-refractivity contribution in [1.29, 1.82) is 0 Å². The average molecular weight is 271 g/mol. The van der Waals surface area contributed by atoms with Gasteiger partial charge < -0.3 is 20.6 Å². The van der Waals surface area contributed by atoms with E-state index in [-0.39, 0.29) is 18.7 Å². The average Bonchev–Trinajstić information content (AvgIpc) is 2.35. The Bertz CT molecular complexity index is 312. The van der Waals surface area contributed by atoms with E-state index in [2.05, 4.69) is 19.0 Å². The summed E-state index contributed by atoms with van der Waals surface area (Å²) in [5.41, 5.74) is 5.75. The number of carboxylic acid groups (broad SMARTS) is 1. The highest BCUT2D eigenvalue weighted by molar-refractivity contribution is 5.82. The van der Waals surface area contributed by atoms with E-state index in [1.165, 1.54) is 0 Å². The molecule has 0 radical (unpaired) electrons. The zero-order chi connectivity index (χ0) is 14.4. The van der Waals surface area contributed by atoms with E-state index in [0.29, 0.717) is 5.92 Å². The van der Waals surface area contributed by atoms with Crippen molar-refractivity contribution < 1.29 is 14.7 Å². The summed E-state index contributed by atoms with van der Waals surface area (Å²) in [6.07, 6.45) is 2.15. The van der Waals surface area contributed by atoms with Gasteiger partial charge in [0, 0.05) is 26.1 Å². The van der Waals surface area contributed by atoms with Crippen molar-refractivity contribution in [2.45, 2.75) is 31.7 Å². The van der Waals surface area contributed by atoms with Crippen molar-refractivity contribution in [2.24, 2.45) is 11.7 Å². The lowest BCUT2D eigenvalue weighted by Gasteiger charge is -2.34. The van der Waals surface area contributed by atoms with Crippen molar-refractivity contribution in [3.8, 4) is 0 Å². The fourth-order valence-electron chi connectivity index (χ4n) is 2.49. The lowest BCUT2D eigenvalue weighted by molar-refractivity contribution is -0.138. The van der Waals surface area contributed by atoms with Crippen LogP contribution in [0.2, 0.25) is 0 Å². The second-order valence-electron chi connectivity index (χ2n) is 5.57. The number of amides is 1. The molecule has 6 heteroatoms. The Hall–Kier alpha value is -1.14. The second-order valence-corrected chi connectivity index (χ2v) is 5.57. The number of piperidine rings is 1. The number of carbonyl (C=O) groups excluding carboxylic acids is 1. The topological polar surface area (TPSA) is 86.9 Å². The molecule has 110 valence electrons. The summed E-state index contributed by atoms with van der Waals surface area (Å²) >= 11 is 0. The van der Waals surface area contributed by atoms with Crippen LogP contribution in [0.25, 0.3) is 0 Å². The summed E-state index contributed by atoms with van der Waals surface area (Å²) in [5, 5.41) is 8.59. The monoisotopic (exact) mass is 271 g/mol. The number of rotatable bonds is 6. The van der Waals surface area contributed by atoms with Crippen LogP contribution in [-0.2, 0) is 9.59 Å². The van der Waals surface area contributed by atoms with Crippen LogP contribution in [0.15, 0.2) is 0 Å². The molecule has 1 fully saturated rings. The standard InChI is InChI=1S/C13H25N3O3/c1-15(2)9-10-5-7-16(8-6-10)13(19)11(14)3-4-12(17)18/h10-11H,3-9,14H2,1-2H3,(H,17,18). The number of carbonyl (C=O) groups is 2. The first-order valence-corrected chi connectivity index (χ1v) is 6.81. The Balaban J connectivity index is 2.33. The van der Waals surface area contributed by atoms with E-state index in [9.17, 15) is 9.59 Å². The van der Waals surface area contributed by atoms with E-state index < -0.39 is 12.0 Å². The van der Waals surface area contributed by atoms with Crippen molar-refractivity contribution in [3.63, 3.8) is 0 Å². The molecule has 1 saturated heterocycles. The third-order valence-electron chi connectivity index (χ3n) is 3.54. The highest BCUT2D eigenvalue weighted by atomic mass is 16.4. The van der Waals surface area contributed by atoms with Gasteiger partial charge in [0.05, 0.1) is 6.04 Å². The normalized spacial score (nSPS) is 18.6. The highest BCUT2D eigenvalue weighted by Gasteiger charge is 2.26. The highest BCUT2D eigenvalue weighted by Crippen LogP contribution is 2.18. The molecular weight excluding hydrogens is 246 g/mol. The first-order valence-electron chi connectivity index (χ1n) is 6.81. The largest absolute Gasteiger partial charge is 0.481 e. The lowest BCUT2D eigenvalue weighted by atomic mass is 9.95. The maximum atomic E-state index is 12.0. The van der Waals surface area contributed by atoms with E-state index in [4.69, 9.17) is 10.8 Å². The molecule has 1 rings (SSSR count). The van der Waals surface area contributed by atoms with Crippen LogP contribution in [0.3, 0.4) is 0 Å². The lowest BCUT2D eigenvalue weighted by Crippen LogP contribution is -2.48. The van der Waals surface area contributed by atoms with Crippen LogP contribution >= 0.6 is 0 Å². The van der Waals surface area contributed by atoms with Crippen molar-refractivity contribution in [1.82, 2.24) is 9.80 Å². The summed E-state index contributed by atoms with van der Waals surface area (Å²) in [6, 6.07) is -0.679. The SMILES string of the molecule is CN(C)CC1CCN(C(=O)C(N)CCC(=O)O)CC1. The first kappa shape index (κ1) is 15.9. The molecule has 19 heavy (non-hydrogen) atoms. The minimum atomic E-state index is -0.909. The van der Waals surface area contributed by atoms with Crippen LogP contribution in [0.5, 0.6) is 0 Å². The number of aliphatic carboxylic acids is 1. The first-order chi connectivity index (χ1) is 8.90. The minimum absolute atomic E-state index is 0.0516. The third-order valence-corrected chi connectivity index (χ3v) is 3.54. The van der Waals surface area contributed by atoms with Gasteiger partial charge in [0.25, 0.3) is 0 Å². The molecule has 1 heterocycles. The maximum absolute atomic E-state index is 12.0. The number of hydrogen-bond donors (Lipinski definition) is 2. The number of likely N-dealkylation sites (tertiary alicyclic amines) is 1. The molecule has 0 aromatic rings. The van der Waals surface area contributed by atoms with Gasteiger partial charge in [0.1, 0.15) is 0 Å². The van der Waals surface area contributed by atoms with Crippen LogP contribution in [0.1, 0.15) is 25.7 Å². The molecule has 1 aliphatic rings. The smallest absolute Gasteiger partial charge is 0.303 e. The van der Waals surface area contributed by atoms with Crippen LogP contribution in [0, 0.1) is 5.92 Å². The Morgan fingerprint density at radius 1 is 1.37 bits per heavy atom. The van der Waals surface area contributed by atoms with Crippen molar-refractivity contribution >= 4 is 11.9 Å². The molecule has 0 aliphatic carbocycles. The van der Waals surface area contributed by atoms with Gasteiger partial charge in [-0.1, -0.05) is 0 Å². The van der Waals surface area contributed by atoms with E-state index in [1.807, 2.05) is 0 Å². The quantitative estimate of drug-likeness (QED) is 0.709. The molecular formula is C13H25N3O3. The Kier molecular flexibility index (Phi) is 6.24. The molecule has 6 nitrogen and oxygen atoms in total. The predicted molar refractivity (Wildman–Crippen MR) is 72.7 cm³/mol. The molecule has 1 aliphatic heterocycles. The summed E-state index contributed by atoms with van der Waals surface area (Å²) in [6.45, 7) is 2.52. The summed E-state index contributed by atoms with van der Waals surface area (Å²) in [5.74, 6) is -0.383. The zero-order valence-corrected chi connectivity index (χ0v) is 11.8. The molecule has 3 N–H and O–H groups in total. The van der Waals surface area contributed by atoms with Crippen LogP contribution in [-0.4, -0.2) is 66.6 Å². The fourth-order valence-corrected chi connectivity index (χ4v) is 2.49. The molecule has 0 spiro atoms. The summed E-state index contributed by atoms with van der Waals surface area (Å²) in [4.78, 5) is 26.4. The van der Waals surface area contributed by atoms with Crippen LogP contribution in [0.4, 0.5) is 0 Å². The summed E-state index contributed by atoms with van der Waals surface area (Å²) in [7, 11) is 4.11. The molecule has 0 aromatic heterocycles. The second kappa shape index (κ2) is 7.45. The van der Waals surface area contributed by atoms with Gasteiger partial charge in [0.15, 0.2) is 0 Å². The number of hydrogen-bond acceptors (Lipinski definition) is 4.